The second kappa shape index (κ2) is 6.25. The Labute approximate surface area is 132 Å². The Balaban J connectivity index is 1.60. The van der Waals surface area contributed by atoms with Gasteiger partial charge >= 0.3 is 0 Å². The van der Waals surface area contributed by atoms with Crippen molar-refractivity contribution in [3.05, 3.63) is 33.8 Å². The Morgan fingerprint density at radius 1 is 1.20 bits per heavy atom. The maximum absolute atomic E-state index is 6.11. The third-order valence-corrected chi connectivity index (χ3v) is 6.09. The molecule has 0 saturated heterocycles. The van der Waals surface area contributed by atoms with E-state index in [4.69, 9.17) is 23.2 Å². The molecule has 1 nitrogen and oxygen atoms in total. The second-order valence-corrected chi connectivity index (χ2v) is 7.42. The lowest BCUT2D eigenvalue weighted by molar-refractivity contribution is 0.281. The van der Waals surface area contributed by atoms with Gasteiger partial charge in [-0.05, 0) is 74.6 Å². The van der Waals surface area contributed by atoms with Crippen LogP contribution in [0.15, 0.2) is 18.2 Å². The Kier molecular flexibility index (Phi) is 4.59. The highest BCUT2D eigenvalue weighted by Crippen LogP contribution is 2.50. The van der Waals surface area contributed by atoms with Crippen molar-refractivity contribution >= 4 is 23.2 Å². The fourth-order valence-corrected chi connectivity index (χ4v) is 4.61. The van der Waals surface area contributed by atoms with Crippen molar-refractivity contribution in [3.63, 3.8) is 0 Å². The zero-order valence-electron chi connectivity index (χ0n) is 12.0. The van der Waals surface area contributed by atoms with E-state index in [9.17, 15) is 0 Å². The number of hydrogen-bond donors (Lipinski definition) is 1. The van der Waals surface area contributed by atoms with E-state index in [0.717, 1.165) is 24.2 Å². The summed E-state index contributed by atoms with van der Waals surface area (Å²) in [5.41, 5.74) is 1.28. The van der Waals surface area contributed by atoms with Crippen molar-refractivity contribution < 1.29 is 0 Å². The van der Waals surface area contributed by atoms with Gasteiger partial charge in [-0.15, -0.1) is 0 Å². The van der Waals surface area contributed by atoms with Crippen LogP contribution in [-0.4, -0.2) is 13.1 Å². The smallest absolute Gasteiger partial charge is 0.0595 e. The van der Waals surface area contributed by atoms with E-state index in [1.807, 2.05) is 12.1 Å². The number of rotatable bonds is 5. The van der Waals surface area contributed by atoms with Gasteiger partial charge in [0.05, 0.1) is 10.0 Å². The van der Waals surface area contributed by atoms with Gasteiger partial charge in [0.15, 0.2) is 0 Å². The predicted molar refractivity (Wildman–Crippen MR) is 86.6 cm³/mol. The largest absolute Gasteiger partial charge is 0.317 e. The molecule has 2 fully saturated rings. The number of likely N-dealkylation sites (N-methyl/N-ethyl adjacent to an activating group) is 1. The molecule has 4 atom stereocenters. The molecule has 110 valence electrons. The predicted octanol–water partition coefficient (Wildman–Crippen LogP) is 4.95. The molecular formula is C17H23Cl2N. The molecule has 2 aliphatic carbocycles. The number of hydrogen-bond acceptors (Lipinski definition) is 1. The monoisotopic (exact) mass is 311 g/mol. The van der Waals surface area contributed by atoms with Gasteiger partial charge in [0, 0.05) is 6.04 Å². The Bertz CT molecular complexity index is 474. The van der Waals surface area contributed by atoms with Gasteiger partial charge in [-0.1, -0.05) is 35.7 Å². The first-order valence-electron chi connectivity index (χ1n) is 7.77. The molecule has 1 aromatic rings. The quantitative estimate of drug-likeness (QED) is 0.811. The number of fused-ring (bicyclic) bond motifs is 2. The van der Waals surface area contributed by atoms with Gasteiger partial charge in [0.25, 0.3) is 0 Å². The second-order valence-electron chi connectivity index (χ2n) is 6.61. The summed E-state index contributed by atoms with van der Waals surface area (Å²) in [6, 6.07) is 6.56. The van der Waals surface area contributed by atoms with Crippen LogP contribution in [0.25, 0.3) is 0 Å². The first kappa shape index (κ1) is 14.7. The zero-order chi connectivity index (χ0) is 14.1. The summed E-state index contributed by atoms with van der Waals surface area (Å²) >= 11 is 12.1. The maximum Gasteiger partial charge on any atom is 0.0595 e. The minimum Gasteiger partial charge on any atom is -0.317 e. The highest BCUT2D eigenvalue weighted by atomic mass is 35.5. The van der Waals surface area contributed by atoms with Crippen molar-refractivity contribution in [1.29, 1.82) is 0 Å². The fraction of sp³-hybridized carbons (Fsp3) is 0.647. The van der Waals surface area contributed by atoms with Crippen molar-refractivity contribution in [1.82, 2.24) is 5.32 Å². The molecule has 2 saturated carbocycles. The summed E-state index contributed by atoms with van der Waals surface area (Å²) in [5.74, 6) is 2.98. The Hall–Kier alpha value is -0.240. The third-order valence-electron chi connectivity index (χ3n) is 5.35. The molecule has 3 rings (SSSR count). The minimum atomic E-state index is 0.552. The van der Waals surface area contributed by atoms with E-state index in [1.165, 1.54) is 37.7 Å². The average molecular weight is 312 g/mol. The Morgan fingerprint density at radius 3 is 2.65 bits per heavy atom. The van der Waals surface area contributed by atoms with E-state index in [0.29, 0.717) is 16.1 Å². The first-order chi connectivity index (χ1) is 9.65. The van der Waals surface area contributed by atoms with Crippen LogP contribution in [-0.2, 0) is 6.42 Å². The van der Waals surface area contributed by atoms with Crippen LogP contribution in [0, 0.1) is 17.8 Å². The standard InChI is InChI=1S/C17H23Cl2N/c1-20-15(8-12-3-5-16(18)17(19)9-12)10-14-7-11-2-4-13(14)6-11/h3,5,9,11,13-15,20H,2,4,6-8,10H2,1H3. The van der Waals surface area contributed by atoms with E-state index in [-0.39, 0.29) is 0 Å². The van der Waals surface area contributed by atoms with Gasteiger partial charge in [0.1, 0.15) is 0 Å². The summed E-state index contributed by atoms with van der Waals surface area (Å²) in [6.45, 7) is 0. The Morgan fingerprint density at radius 2 is 2.05 bits per heavy atom. The van der Waals surface area contributed by atoms with Crippen molar-refractivity contribution in [2.45, 2.75) is 44.6 Å². The molecule has 2 bridgehead atoms. The summed E-state index contributed by atoms with van der Waals surface area (Å²) < 4.78 is 0. The summed E-state index contributed by atoms with van der Waals surface area (Å²) in [6.07, 6.45) is 8.26. The van der Waals surface area contributed by atoms with Gasteiger partial charge < -0.3 is 5.32 Å². The van der Waals surface area contributed by atoms with Gasteiger partial charge in [0.2, 0.25) is 0 Å². The number of benzene rings is 1. The van der Waals surface area contributed by atoms with Gasteiger partial charge in [-0.3, -0.25) is 0 Å². The summed E-state index contributed by atoms with van der Waals surface area (Å²) in [5, 5.41) is 4.80. The minimum absolute atomic E-state index is 0.552. The molecule has 1 N–H and O–H groups in total. The molecule has 2 aliphatic rings. The molecule has 4 unspecified atom stereocenters. The van der Waals surface area contributed by atoms with Gasteiger partial charge in [-0.2, -0.15) is 0 Å². The highest BCUT2D eigenvalue weighted by molar-refractivity contribution is 6.42. The van der Waals surface area contributed by atoms with Crippen LogP contribution in [0.3, 0.4) is 0 Å². The van der Waals surface area contributed by atoms with Crippen LogP contribution >= 0.6 is 23.2 Å². The molecule has 0 amide bonds. The molecule has 20 heavy (non-hydrogen) atoms. The van der Waals surface area contributed by atoms with E-state index >= 15 is 0 Å². The van der Waals surface area contributed by atoms with Gasteiger partial charge in [-0.25, -0.2) is 0 Å². The van der Waals surface area contributed by atoms with Crippen molar-refractivity contribution in [2.75, 3.05) is 7.05 Å². The zero-order valence-corrected chi connectivity index (χ0v) is 13.6. The number of nitrogens with one attached hydrogen (secondary N) is 1. The molecular weight excluding hydrogens is 289 g/mol. The van der Waals surface area contributed by atoms with Crippen molar-refractivity contribution in [3.8, 4) is 0 Å². The normalized spacial score (nSPS) is 29.9. The summed E-state index contributed by atoms with van der Waals surface area (Å²) in [4.78, 5) is 0. The van der Waals surface area contributed by atoms with Crippen molar-refractivity contribution in [2.24, 2.45) is 17.8 Å². The fourth-order valence-electron chi connectivity index (χ4n) is 4.28. The molecule has 0 spiro atoms. The molecule has 3 heteroatoms. The first-order valence-corrected chi connectivity index (χ1v) is 8.52. The van der Waals surface area contributed by atoms with Crippen LogP contribution in [0.1, 0.15) is 37.7 Å². The average Bonchev–Trinajstić information content (AvgIpc) is 3.04. The topological polar surface area (TPSA) is 12.0 Å². The van der Waals surface area contributed by atoms with E-state index in [1.54, 1.807) is 0 Å². The number of halogens is 2. The van der Waals surface area contributed by atoms with E-state index in [2.05, 4.69) is 18.4 Å². The lowest BCUT2D eigenvalue weighted by Gasteiger charge is -2.26. The maximum atomic E-state index is 6.11. The van der Waals surface area contributed by atoms with E-state index < -0.39 is 0 Å². The molecule has 0 radical (unpaired) electrons. The lowest BCUT2D eigenvalue weighted by Crippen LogP contribution is -2.31. The summed E-state index contributed by atoms with van der Waals surface area (Å²) in [7, 11) is 2.08. The van der Waals surface area contributed by atoms with Crippen LogP contribution in [0.4, 0.5) is 0 Å². The highest BCUT2D eigenvalue weighted by Gasteiger charge is 2.39. The molecule has 0 heterocycles. The lowest BCUT2D eigenvalue weighted by atomic mass is 9.83. The SMILES string of the molecule is CNC(Cc1ccc(Cl)c(Cl)c1)CC1CC2CCC1C2. The molecule has 0 aliphatic heterocycles. The van der Waals surface area contributed by atoms with Crippen LogP contribution in [0.5, 0.6) is 0 Å². The van der Waals surface area contributed by atoms with Crippen LogP contribution in [0.2, 0.25) is 10.0 Å². The molecule has 1 aromatic carbocycles. The van der Waals surface area contributed by atoms with Crippen LogP contribution < -0.4 is 5.32 Å². The molecule has 0 aromatic heterocycles. The third kappa shape index (κ3) is 3.16.